The summed E-state index contributed by atoms with van der Waals surface area (Å²) in [6.45, 7) is 5.25. The third kappa shape index (κ3) is 7.51. The van der Waals surface area contributed by atoms with Gasteiger partial charge < -0.3 is 15.0 Å². The van der Waals surface area contributed by atoms with Crippen LogP contribution < -0.4 is 14.4 Å². The average molecular weight is 559 g/mol. The van der Waals surface area contributed by atoms with Crippen LogP contribution in [0.3, 0.4) is 0 Å². The van der Waals surface area contributed by atoms with E-state index in [2.05, 4.69) is 5.32 Å². The summed E-state index contributed by atoms with van der Waals surface area (Å²) in [7, 11) is 0.434. The number of aryl methyl sites for hydroxylation is 2. The number of rotatable bonds is 12. The van der Waals surface area contributed by atoms with Gasteiger partial charge in [0, 0.05) is 26.7 Å². The maximum absolute atomic E-state index is 14.1. The van der Waals surface area contributed by atoms with Gasteiger partial charge in [0.1, 0.15) is 18.3 Å². The molecule has 1 aliphatic rings. The van der Waals surface area contributed by atoms with E-state index in [4.69, 9.17) is 4.74 Å². The molecule has 0 bridgehead atoms. The number of carbonyl (C=O) groups is 2. The maximum Gasteiger partial charge on any atom is 0.304 e. The van der Waals surface area contributed by atoms with E-state index in [9.17, 15) is 18.0 Å². The minimum absolute atomic E-state index is 0.0980. The largest absolute Gasteiger partial charge is 0.497 e. The van der Waals surface area contributed by atoms with E-state index in [1.165, 1.54) is 19.0 Å². The summed E-state index contributed by atoms with van der Waals surface area (Å²) in [4.78, 5) is 29.1. The Labute approximate surface area is 233 Å². The van der Waals surface area contributed by atoms with Crippen LogP contribution in [-0.2, 0) is 26.3 Å². The first-order valence-electron chi connectivity index (χ1n) is 13.5. The molecule has 1 unspecified atom stereocenters. The summed E-state index contributed by atoms with van der Waals surface area (Å²) in [5.41, 5.74) is 2.81. The Morgan fingerprint density at radius 1 is 1.08 bits per heavy atom. The number of nitrogens with one attached hydrogen (secondary N) is 1. The second-order valence-electron chi connectivity index (χ2n) is 10.4. The minimum Gasteiger partial charge on any atom is -0.497 e. The number of amides is 2. The molecule has 1 atom stereocenters. The number of benzene rings is 2. The number of carbonyl (C=O) groups excluding carboxylic acids is 2. The molecule has 214 valence electrons. The lowest BCUT2D eigenvalue weighted by atomic mass is 10.1. The molecule has 0 aliphatic heterocycles. The molecule has 0 saturated heterocycles. The molecule has 0 heterocycles. The Morgan fingerprint density at radius 3 is 2.38 bits per heavy atom. The second kappa shape index (κ2) is 13.3. The predicted molar refractivity (Wildman–Crippen MR) is 154 cm³/mol. The van der Waals surface area contributed by atoms with Gasteiger partial charge in [-0.25, -0.2) is 4.31 Å². The van der Waals surface area contributed by atoms with Crippen LogP contribution in [0.5, 0.6) is 5.75 Å². The molecule has 0 aromatic heterocycles. The SMILES string of the molecule is CCC(C(=O)NC1CCCC1)N(Cc1cccc(OC)c1)C(=O)CN(c1cc(C)ccc1C)S(=O)(=O)N(C)C. The van der Waals surface area contributed by atoms with Crippen molar-refractivity contribution in [1.82, 2.24) is 14.5 Å². The minimum atomic E-state index is -4.02. The van der Waals surface area contributed by atoms with Crippen molar-refractivity contribution in [2.24, 2.45) is 0 Å². The van der Waals surface area contributed by atoms with Crippen LogP contribution in [0.4, 0.5) is 5.69 Å². The number of anilines is 1. The van der Waals surface area contributed by atoms with Crippen molar-refractivity contribution in [3.05, 3.63) is 59.2 Å². The lowest BCUT2D eigenvalue weighted by molar-refractivity contribution is -0.140. The van der Waals surface area contributed by atoms with E-state index in [0.29, 0.717) is 17.9 Å². The zero-order valence-electron chi connectivity index (χ0n) is 23.9. The molecule has 3 rings (SSSR count). The number of hydrogen-bond donors (Lipinski definition) is 1. The Bertz CT molecular complexity index is 1260. The molecule has 1 N–H and O–H groups in total. The van der Waals surface area contributed by atoms with Gasteiger partial charge >= 0.3 is 10.2 Å². The van der Waals surface area contributed by atoms with Gasteiger partial charge in [0.15, 0.2) is 0 Å². The molecule has 10 heteroatoms. The Kier molecular flexibility index (Phi) is 10.4. The third-order valence-corrected chi connectivity index (χ3v) is 9.03. The van der Waals surface area contributed by atoms with Crippen LogP contribution in [0, 0.1) is 13.8 Å². The third-order valence-electron chi connectivity index (χ3n) is 7.23. The van der Waals surface area contributed by atoms with Crippen molar-refractivity contribution < 1.29 is 22.7 Å². The molecular formula is C29H42N4O5S. The molecule has 2 aromatic rings. The van der Waals surface area contributed by atoms with Gasteiger partial charge in [-0.1, -0.05) is 44.0 Å². The van der Waals surface area contributed by atoms with Gasteiger partial charge in [0.2, 0.25) is 11.8 Å². The van der Waals surface area contributed by atoms with Crippen molar-refractivity contribution in [3.8, 4) is 5.75 Å². The average Bonchev–Trinajstić information content (AvgIpc) is 3.41. The fourth-order valence-electron chi connectivity index (χ4n) is 4.94. The van der Waals surface area contributed by atoms with Gasteiger partial charge in [0.25, 0.3) is 0 Å². The lowest BCUT2D eigenvalue weighted by Crippen LogP contribution is -2.54. The van der Waals surface area contributed by atoms with E-state index in [1.807, 2.05) is 57.2 Å². The molecule has 1 fully saturated rings. The molecule has 0 spiro atoms. The summed E-state index contributed by atoms with van der Waals surface area (Å²) in [5, 5.41) is 3.13. The number of hydrogen-bond acceptors (Lipinski definition) is 5. The highest BCUT2D eigenvalue weighted by Crippen LogP contribution is 2.27. The fourth-order valence-corrected chi connectivity index (χ4v) is 6.06. The standard InChI is InChI=1S/C29H42N4O5S/c1-7-26(29(35)30-24-12-8-9-13-24)32(19-23-11-10-14-25(18-23)38-6)28(34)20-33(39(36,37)31(4)5)27-17-21(2)15-16-22(27)3/h10-11,14-18,24,26H,7-9,12-13,19-20H2,1-6H3,(H,30,35). The summed E-state index contributed by atoms with van der Waals surface area (Å²) >= 11 is 0. The van der Waals surface area contributed by atoms with Gasteiger partial charge in [0.05, 0.1) is 12.8 Å². The van der Waals surface area contributed by atoms with Crippen molar-refractivity contribution in [2.75, 3.05) is 32.1 Å². The monoisotopic (exact) mass is 558 g/mol. The maximum atomic E-state index is 14.1. The van der Waals surface area contributed by atoms with E-state index in [-0.39, 0.29) is 18.5 Å². The summed E-state index contributed by atoms with van der Waals surface area (Å²) < 4.78 is 34.6. The van der Waals surface area contributed by atoms with Gasteiger partial charge in [-0.15, -0.1) is 0 Å². The molecule has 2 amide bonds. The fraction of sp³-hybridized carbons (Fsp3) is 0.517. The highest BCUT2D eigenvalue weighted by molar-refractivity contribution is 7.90. The van der Waals surface area contributed by atoms with E-state index < -0.39 is 28.7 Å². The van der Waals surface area contributed by atoms with Crippen molar-refractivity contribution >= 4 is 27.7 Å². The zero-order valence-corrected chi connectivity index (χ0v) is 24.8. The van der Waals surface area contributed by atoms with Crippen LogP contribution in [0.1, 0.15) is 55.7 Å². The van der Waals surface area contributed by atoms with Crippen LogP contribution in [0.2, 0.25) is 0 Å². The van der Waals surface area contributed by atoms with Gasteiger partial charge in [-0.05, 0) is 68.0 Å². The van der Waals surface area contributed by atoms with Crippen molar-refractivity contribution in [3.63, 3.8) is 0 Å². The molecule has 39 heavy (non-hydrogen) atoms. The Hall–Kier alpha value is -3.11. The number of methoxy groups -OCH3 is 1. The molecule has 2 aromatic carbocycles. The topological polar surface area (TPSA) is 99.3 Å². The summed E-state index contributed by atoms with van der Waals surface area (Å²) in [5.74, 6) is -0.0393. The normalized spacial score (nSPS) is 14.7. The Morgan fingerprint density at radius 2 is 1.77 bits per heavy atom. The molecule has 9 nitrogen and oxygen atoms in total. The molecular weight excluding hydrogens is 516 g/mol. The number of nitrogens with zero attached hydrogens (tertiary/aromatic N) is 3. The van der Waals surface area contributed by atoms with Crippen LogP contribution in [-0.4, -0.2) is 69.3 Å². The predicted octanol–water partition coefficient (Wildman–Crippen LogP) is 3.79. The first kappa shape index (κ1) is 30.4. The summed E-state index contributed by atoms with van der Waals surface area (Å²) in [6, 6.07) is 12.2. The smallest absolute Gasteiger partial charge is 0.304 e. The zero-order chi connectivity index (χ0) is 28.7. The van der Waals surface area contributed by atoms with E-state index >= 15 is 0 Å². The summed E-state index contributed by atoms with van der Waals surface area (Å²) in [6.07, 6.45) is 4.38. The first-order valence-corrected chi connectivity index (χ1v) is 14.9. The van der Waals surface area contributed by atoms with Crippen LogP contribution in [0.25, 0.3) is 0 Å². The number of ether oxygens (including phenoxy) is 1. The quantitative estimate of drug-likeness (QED) is 0.427. The van der Waals surface area contributed by atoms with E-state index in [0.717, 1.165) is 51.0 Å². The Balaban J connectivity index is 2.01. The first-order chi connectivity index (χ1) is 18.5. The van der Waals surface area contributed by atoms with Gasteiger partial charge in [-0.2, -0.15) is 12.7 Å². The molecule has 1 aliphatic carbocycles. The molecule has 1 saturated carbocycles. The lowest BCUT2D eigenvalue weighted by Gasteiger charge is -2.34. The van der Waals surface area contributed by atoms with Crippen molar-refractivity contribution in [1.29, 1.82) is 0 Å². The van der Waals surface area contributed by atoms with Gasteiger partial charge in [-0.3, -0.25) is 9.59 Å². The van der Waals surface area contributed by atoms with Crippen molar-refractivity contribution in [2.45, 2.75) is 71.5 Å². The van der Waals surface area contributed by atoms with Crippen LogP contribution in [0.15, 0.2) is 42.5 Å². The molecule has 0 radical (unpaired) electrons. The second-order valence-corrected chi connectivity index (χ2v) is 12.4. The van der Waals surface area contributed by atoms with Crippen LogP contribution >= 0.6 is 0 Å². The highest BCUT2D eigenvalue weighted by atomic mass is 32.2. The highest BCUT2D eigenvalue weighted by Gasteiger charge is 2.35. The van der Waals surface area contributed by atoms with E-state index in [1.54, 1.807) is 13.2 Å².